The van der Waals surface area contributed by atoms with Gasteiger partial charge >= 0.3 is 12.1 Å². The summed E-state index contributed by atoms with van der Waals surface area (Å²) in [5, 5.41) is 11.2. The second kappa shape index (κ2) is 6.37. The lowest BCUT2D eigenvalue weighted by molar-refractivity contribution is 0.0691. The zero-order chi connectivity index (χ0) is 14.4. The van der Waals surface area contributed by atoms with Gasteiger partial charge in [0.15, 0.2) is 0 Å². The Kier molecular flexibility index (Phi) is 4.33. The molecule has 0 fully saturated rings. The van der Waals surface area contributed by atoms with E-state index in [9.17, 15) is 9.59 Å². The van der Waals surface area contributed by atoms with Crippen molar-refractivity contribution in [2.45, 2.75) is 13.2 Å². The number of carbonyl (C=O) groups is 2. The normalized spacial score (nSPS) is 10.0. The lowest BCUT2D eigenvalue weighted by Crippen LogP contribution is -2.24. The first-order chi connectivity index (χ1) is 9.65. The number of rotatable bonds is 5. The quantitative estimate of drug-likeness (QED) is 0.767. The molecule has 7 nitrogen and oxygen atoms in total. The van der Waals surface area contributed by atoms with Crippen molar-refractivity contribution >= 4 is 12.1 Å². The van der Waals surface area contributed by atoms with Crippen molar-refractivity contribution in [3.8, 4) is 0 Å². The highest BCUT2D eigenvalue weighted by molar-refractivity contribution is 5.85. The second-order valence-corrected chi connectivity index (χ2v) is 3.96. The Morgan fingerprint density at radius 3 is 2.70 bits per heavy atom. The first-order valence-corrected chi connectivity index (χ1v) is 5.87. The molecule has 1 aromatic heterocycles. The Balaban J connectivity index is 1.76. The first kappa shape index (κ1) is 13.6. The van der Waals surface area contributed by atoms with E-state index in [-0.39, 0.29) is 18.8 Å². The number of carboxylic acid groups (broad SMARTS) is 1. The number of hydrogen-bond donors (Lipinski definition) is 3. The maximum Gasteiger partial charge on any atom is 0.407 e. The van der Waals surface area contributed by atoms with Gasteiger partial charge in [-0.05, 0) is 5.56 Å². The van der Waals surface area contributed by atoms with Crippen LogP contribution in [-0.4, -0.2) is 27.1 Å². The van der Waals surface area contributed by atoms with E-state index in [0.717, 1.165) is 5.56 Å². The van der Waals surface area contributed by atoms with E-state index >= 15 is 0 Å². The highest BCUT2D eigenvalue weighted by Gasteiger charge is 2.08. The molecule has 1 aromatic carbocycles. The summed E-state index contributed by atoms with van der Waals surface area (Å²) in [7, 11) is 0. The minimum Gasteiger partial charge on any atom is -0.477 e. The highest BCUT2D eigenvalue weighted by atomic mass is 16.5. The molecule has 0 aliphatic heterocycles. The fourth-order valence-electron chi connectivity index (χ4n) is 1.49. The van der Waals surface area contributed by atoms with Crippen molar-refractivity contribution in [2.24, 2.45) is 0 Å². The van der Waals surface area contributed by atoms with Crippen LogP contribution in [0.4, 0.5) is 4.79 Å². The minimum absolute atomic E-state index is 0.0283. The Bertz CT molecular complexity index is 595. The molecule has 0 aliphatic carbocycles. The zero-order valence-corrected chi connectivity index (χ0v) is 10.5. The molecule has 2 aromatic rings. The summed E-state index contributed by atoms with van der Waals surface area (Å²) in [6.07, 6.45) is 0.594. The summed E-state index contributed by atoms with van der Waals surface area (Å²) in [6, 6.07) is 9.28. The molecule has 0 saturated carbocycles. The van der Waals surface area contributed by atoms with E-state index < -0.39 is 12.1 Å². The Morgan fingerprint density at radius 2 is 2.05 bits per heavy atom. The summed E-state index contributed by atoms with van der Waals surface area (Å²) in [4.78, 5) is 28.4. The van der Waals surface area contributed by atoms with E-state index in [1.807, 2.05) is 30.3 Å². The van der Waals surface area contributed by atoms with E-state index in [0.29, 0.717) is 5.82 Å². The topological polar surface area (TPSA) is 104 Å². The summed E-state index contributed by atoms with van der Waals surface area (Å²) in [5.74, 6) is -0.755. The molecule has 0 bridgehead atoms. The molecule has 104 valence electrons. The SMILES string of the molecule is O=C(NCc1ncc(C(=O)O)[nH]1)OCc1ccccc1. The predicted octanol–water partition coefficient (Wildman–Crippen LogP) is 1.53. The Morgan fingerprint density at radius 1 is 1.30 bits per heavy atom. The predicted molar refractivity (Wildman–Crippen MR) is 69.0 cm³/mol. The molecule has 0 spiro atoms. The van der Waals surface area contributed by atoms with Crippen LogP contribution in [0.5, 0.6) is 0 Å². The number of ether oxygens (including phenoxy) is 1. The molecule has 0 atom stereocenters. The number of aromatic carboxylic acids is 1. The van der Waals surface area contributed by atoms with Gasteiger partial charge in [0.05, 0.1) is 12.7 Å². The number of H-pyrrole nitrogens is 1. The number of amides is 1. The maximum absolute atomic E-state index is 11.4. The number of aromatic amines is 1. The van der Waals surface area contributed by atoms with Gasteiger partial charge in [0.25, 0.3) is 0 Å². The van der Waals surface area contributed by atoms with Gasteiger partial charge in [0, 0.05) is 0 Å². The molecule has 0 saturated heterocycles. The van der Waals surface area contributed by atoms with Gasteiger partial charge in [-0.1, -0.05) is 30.3 Å². The Hall–Kier alpha value is -2.83. The van der Waals surface area contributed by atoms with Crippen LogP contribution >= 0.6 is 0 Å². The lowest BCUT2D eigenvalue weighted by atomic mass is 10.2. The van der Waals surface area contributed by atoms with Crippen LogP contribution in [0.15, 0.2) is 36.5 Å². The van der Waals surface area contributed by atoms with Crippen molar-refractivity contribution < 1.29 is 19.4 Å². The van der Waals surface area contributed by atoms with Crippen LogP contribution < -0.4 is 5.32 Å². The van der Waals surface area contributed by atoms with Crippen LogP contribution in [0, 0.1) is 0 Å². The number of carbonyl (C=O) groups excluding carboxylic acids is 1. The molecule has 2 rings (SSSR count). The van der Waals surface area contributed by atoms with Gasteiger partial charge in [0.1, 0.15) is 18.1 Å². The minimum atomic E-state index is -1.10. The molecule has 3 N–H and O–H groups in total. The number of nitrogens with zero attached hydrogens (tertiary/aromatic N) is 1. The number of benzene rings is 1. The maximum atomic E-state index is 11.4. The van der Waals surface area contributed by atoms with E-state index in [1.165, 1.54) is 6.20 Å². The fourth-order valence-corrected chi connectivity index (χ4v) is 1.49. The van der Waals surface area contributed by atoms with Crippen LogP contribution in [0.2, 0.25) is 0 Å². The first-order valence-electron chi connectivity index (χ1n) is 5.87. The zero-order valence-electron chi connectivity index (χ0n) is 10.5. The molecule has 1 amide bonds. The summed E-state index contributed by atoms with van der Waals surface area (Å²) >= 11 is 0. The van der Waals surface area contributed by atoms with E-state index in [1.54, 1.807) is 0 Å². The van der Waals surface area contributed by atoms with Crippen LogP contribution in [0.1, 0.15) is 21.9 Å². The van der Waals surface area contributed by atoms with Crippen molar-refractivity contribution in [3.05, 3.63) is 53.6 Å². The molecular weight excluding hydrogens is 262 g/mol. The smallest absolute Gasteiger partial charge is 0.407 e. The van der Waals surface area contributed by atoms with Gasteiger partial charge in [-0.3, -0.25) is 0 Å². The van der Waals surface area contributed by atoms with E-state index in [4.69, 9.17) is 9.84 Å². The third-order valence-electron chi connectivity index (χ3n) is 2.47. The summed E-state index contributed by atoms with van der Waals surface area (Å²) < 4.78 is 5.00. The summed E-state index contributed by atoms with van der Waals surface area (Å²) in [6.45, 7) is 0.242. The van der Waals surface area contributed by atoms with E-state index in [2.05, 4.69) is 15.3 Å². The van der Waals surface area contributed by atoms with Gasteiger partial charge in [-0.2, -0.15) is 0 Å². The molecule has 0 aliphatic rings. The van der Waals surface area contributed by atoms with Gasteiger partial charge in [-0.25, -0.2) is 14.6 Å². The summed E-state index contributed by atoms with van der Waals surface area (Å²) in [5.41, 5.74) is 0.855. The monoisotopic (exact) mass is 275 g/mol. The van der Waals surface area contributed by atoms with Gasteiger partial charge in [-0.15, -0.1) is 0 Å². The standard InChI is InChI=1S/C13H13N3O4/c17-12(18)10-6-14-11(16-10)7-15-13(19)20-8-9-4-2-1-3-5-9/h1-6H,7-8H2,(H,14,16)(H,15,19)(H,17,18). The molecule has 7 heteroatoms. The molecular formula is C13H13N3O4. The highest BCUT2D eigenvalue weighted by Crippen LogP contribution is 2.01. The number of hydrogen-bond acceptors (Lipinski definition) is 4. The number of carboxylic acids is 1. The molecule has 0 unspecified atom stereocenters. The Labute approximate surface area is 114 Å². The van der Waals surface area contributed by atoms with Crippen LogP contribution in [0.25, 0.3) is 0 Å². The average molecular weight is 275 g/mol. The van der Waals surface area contributed by atoms with Crippen molar-refractivity contribution in [3.63, 3.8) is 0 Å². The lowest BCUT2D eigenvalue weighted by Gasteiger charge is -2.05. The number of nitrogens with one attached hydrogen (secondary N) is 2. The van der Waals surface area contributed by atoms with Crippen LogP contribution in [0.3, 0.4) is 0 Å². The number of aromatic nitrogens is 2. The largest absolute Gasteiger partial charge is 0.477 e. The number of imidazole rings is 1. The third-order valence-corrected chi connectivity index (χ3v) is 2.47. The van der Waals surface area contributed by atoms with Crippen molar-refractivity contribution in [1.82, 2.24) is 15.3 Å². The van der Waals surface area contributed by atoms with Crippen LogP contribution in [-0.2, 0) is 17.9 Å². The van der Waals surface area contributed by atoms with Crippen molar-refractivity contribution in [2.75, 3.05) is 0 Å². The fraction of sp³-hybridized carbons (Fsp3) is 0.154. The molecule has 0 radical (unpaired) electrons. The van der Waals surface area contributed by atoms with Gasteiger partial charge in [0.2, 0.25) is 0 Å². The van der Waals surface area contributed by atoms with Crippen molar-refractivity contribution in [1.29, 1.82) is 0 Å². The number of alkyl carbamates (subject to hydrolysis) is 1. The third kappa shape index (κ3) is 3.84. The molecule has 20 heavy (non-hydrogen) atoms. The average Bonchev–Trinajstić information content (AvgIpc) is 2.93. The van der Waals surface area contributed by atoms with Gasteiger partial charge < -0.3 is 20.1 Å². The molecule has 1 heterocycles. The second-order valence-electron chi connectivity index (χ2n) is 3.96.